The molecule has 0 saturated heterocycles. The molecule has 0 fully saturated rings. The fourth-order valence-corrected chi connectivity index (χ4v) is 1.95. The van der Waals surface area contributed by atoms with Crippen LogP contribution in [-0.4, -0.2) is 6.54 Å². The van der Waals surface area contributed by atoms with Crippen LogP contribution in [0.2, 0.25) is 0 Å². The first-order valence-corrected chi connectivity index (χ1v) is 6.33. The zero-order valence-electron chi connectivity index (χ0n) is 10.9. The van der Waals surface area contributed by atoms with E-state index in [1.165, 1.54) is 18.2 Å². The summed E-state index contributed by atoms with van der Waals surface area (Å²) in [4.78, 5) is 0. The lowest BCUT2D eigenvalue weighted by Gasteiger charge is -2.07. The predicted molar refractivity (Wildman–Crippen MR) is 72.9 cm³/mol. The molecule has 4 heteroatoms. The van der Waals surface area contributed by atoms with E-state index in [0.717, 1.165) is 5.56 Å². The third kappa shape index (κ3) is 3.62. The Labute approximate surface area is 116 Å². The summed E-state index contributed by atoms with van der Waals surface area (Å²) in [6.07, 6.45) is 0.664. The van der Waals surface area contributed by atoms with Crippen molar-refractivity contribution in [2.75, 3.05) is 6.54 Å². The van der Waals surface area contributed by atoms with Gasteiger partial charge < -0.3 is 5.32 Å². The van der Waals surface area contributed by atoms with Crippen LogP contribution in [0, 0.1) is 23.0 Å². The Hall–Kier alpha value is -2.25. The van der Waals surface area contributed by atoms with Crippen molar-refractivity contribution >= 4 is 0 Å². The molecular weight excluding hydrogens is 258 g/mol. The molecule has 0 aromatic heterocycles. The molecular formula is C16H14F2N2. The number of benzene rings is 2. The van der Waals surface area contributed by atoms with Crippen molar-refractivity contribution in [3.05, 3.63) is 70.8 Å². The number of rotatable bonds is 5. The number of halogens is 2. The highest BCUT2D eigenvalue weighted by Crippen LogP contribution is 2.11. The first-order chi connectivity index (χ1) is 9.70. The van der Waals surface area contributed by atoms with E-state index >= 15 is 0 Å². The van der Waals surface area contributed by atoms with E-state index < -0.39 is 5.82 Å². The van der Waals surface area contributed by atoms with Crippen molar-refractivity contribution in [2.24, 2.45) is 0 Å². The molecule has 1 N–H and O–H groups in total. The number of hydrogen-bond acceptors (Lipinski definition) is 2. The van der Waals surface area contributed by atoms with Crippen LogP contribution in [0.15, 0.2) is 42.5 Å². The van der Waals surface area contributed by atoms with Crippen molar-refractivity contribution in [2.45, 2.75) is 13.0 Å². The third-order valence-electron chi connectivity index (χ3n) is 2.99. The SMILES string of the molecule is N#Cc1cccc(CNCCc2cccc(F)c2)c1F. The molecule has 0 unspecified atom stereocenters. The van der Waals surface area contributed by atoms with Crippen LogP contribution in [0.4, 0.5) is 8.78 Å². The predicted octanol–water partition coefficient (Wildman–Crippen LogP) is 3.17. The van der Waals surface area contributed by atoms with Crippen molar-refractivity contribution in [1.82, 2.24) is 5.32 Å². The average Bonchev–Trinajstić information content (AvgIpc) is 2.45. The van der Waals surface area contributed by atoms with E-state index in [-0.39, 0.29) is 11.4 Å². The maximum absolute atomic E-state index is 13.8. The van der Waals surface area contributed by atoms with Gasteiger partial charge in [-0.15, -0.1) is 0 Å². The number of nitriles is 1. The van der Waals surface area contributed by atoms with E-state index in [9.17, 15) is 8.78 Å². The monoisotopic (exact) mass is 272 g/mol. The minimum atomic E-state index is -0.478. The second kappa shape index (κ2) is 6.78. The molecule has 2 aromatic rings. The normalized spacial score (nSPS) is 10.2. The Morgan fingerprint density at radius 2 is 1.90 bits per heavy atom. The standard InChI is InChI=1S/C16H14F2N2/c17-15-6-1-3-12(9-15)7-8-20-11-14-5-2-4-13(10-19)16(14)18/h1-6,9,20H,7-8,11H2. The van der Waals surface area contributed by atoms with E-state index in [4.69, 9.17) is 5.26 Å². The summed E-state index contributed by atoms with van der Waals surface area (Å²) in [5, 5.41) is 11.8. The van der Waals surface area contributed by atoms with E-state index in [2.05, 4.69) is 5.32 Å². The molecule has 102 valence electrons. The van der Waals surface area contributed by atoms with Gasteiger partial charge in [0.25, 0.3) is 0 Å². The van der Waals surface area contributed by atoms with Crippen LogP contribution < -0.4 is 5.32 Å². The topological polar surface area (TPSA) is 35.8 Å². The Morgan fingerprint density at radius 1 is 1.10 bits per heavy atom. The van der Waals surface area contributed by atoms with Gasteiger partial charge in [-0.05, 0) is 36.7 Å². The van der Waals surface area contributed by atoms with Crippen molar-refractivity contribution in [1.29, 1.82) is 5.26 Å². The van der Waals surface area contributed by atoms with Gasteiger partial charge in [0.2, 0.25) is 0 Å². The minimum absolute atomic E-state index is 0.0504. The van der Waals surface area contributed by atoms with E-state index in [1.54, 1.807) is 18.2 Å². The highest BCUT2D eigenvalue weighted by atomic mass is 19.1. The van der Waals surface area contributed by atoms with Gasteiger partial charge in [0.1, 0.15) is 17.7 Å². The largest absolute Gasteiger partial charge is 0.312 e. The summed E-state index contributed by atoms with van der Waals surface area (Å²) in [6, 6.07) is 13.0. The maximum Gasteiger partial charge on any atom is 0.145 e. The number of hydrogen-bond donors (Lipinski definition) is 1. The molecule has 0 atom stereocenters. The lowest BCUT2D eigenvalue weighted by atomic mass is 10.1. The first-order valence-electron chi connectivity index (χ1n) is 6.33. The van der Waals surface area contributed by atoms with Gasteiger partial charge in [0, 0.05) is 12.1 Å². The van der Waals surface area contributed by atoms with E-state index in [0.29, 0.717) is 25.1 Å². The summed E-state index contributed by atoms with van der Waals surface area (Å²) < 4.78 is 26.7. The van der Waals surface area contributed by atoms with Crippen LogP contribution in [0.5, 0.6) is 0 Å². The Balaban J connectivity index is 1.86. The van der Waals surface area contributed by atoms with Gasteiger partial charge in [-0.1, -0.05) is 24.3 Å². The molecule has 0 radical (unpaired) electrons. The summed E-state index contributed by atoms with van der Waals surface area (Å²) in [6.45, 7) is 0.955. The Bertz CT molecular complexity index is 633. The molecule has 2 rings (SSSR count). The molecule has 0 aliphatic heterocycles. The molecule has 2 aromatic carbocycles. The third-order valence-corrected chi connectivity index (χ3v) is 2.99. The van der Waals surface area contributed by atoms with Gasteiger partial charge in [-0.25, -0.2) is 8.78 Å². The van der Waals surface area contributed by atoms with Crippen LogP contribution in [-0.2, 0) is 13.0 Å². The summed E-state index contributed by atoms with van der Waals surface area (Å²) in [7, 11) is 0. The van der Waals surface area contributed by atoms with Crippen LogP contribution in [0.1, 0.15) is 16.7 Å². The highest BCUT2D eigenvalue weighted by Gasteiger charge is 2.06. The zero-order chi connectivity index (χ0) is 14.4. The first kappa shape index (κ1) is 14.2. The number of nitrogens with zero attached hydrogens (tertiary/aromatic N) is 1. The van der Waals surface area contributed by atoms with Gasteiger partial charge in [-0.3, -0.25) is 0 Å². The molecule has 20 heavy (non-hydrogen) atoms. The fraction of sp³-hybridized carbons (Fsp3) is 0.188. The zero-order valence-corrected chi connectivity index (χ0v) is 10.9. The quantitative estimate of drug-likeness (QED) is 0.849. The molecule has 0 amide bonds. The number of nitrogens with one attached hydrogen (secondary N) is 1. The maximum atomic E-state index is 13.8. The van der Waals surface area contributed by atoms with Crippen LogP contribution in [0.3, 0.4) is 0 Å². The molecule has 0 aliphatic carbocycles. The van der Waals surface area contributed by atoms with Gasteiger partial charge in [0.05, 0.1) is 5.56 Å². The van der Waals surface area contributed by atoms with E-state index in [1.807, 2.05) is 12.1 Å². The summed E-state index contributed by atoms with van der Waals surface area (Å²) in [5.74, 6) is -0.733. The average molecular weight is 272 g/mol. The van der Waals surface area contributed by atoms with Crippen LogP contribution >= 0.6 is 0 Å². The highest BCUT2D eigenvalue weighted by molar-refractivity contribution is 5.34. The van der Waals surface area contributed by atoms with Gasteiger partial charge in [-0.2, -0.15) is 5.26 Å². The smallest absolute Gasteiger partial charge is 0.145 e. The second-order valence-electron chi connectivity index (χ2n) is 4.45. The molecule has 0 aliphatic rings. The second-order valence-corrected chi connectivity index (χ2v) is 4.45. The van der Waals surface area contributed by atoms with Crippen LogP contribution in [0.25, 0.3) is 0 Å². The summed E-state index contributed by atoms with van der Waals surface area (Å²) >= 11 is 0. The molecule has 0 bridgehead atoms. The lowest BCUT2D eigenvalue weighted by Crippen LogP contribution is -2.17. The molecule has 0 spiro atoms. The van der Waals surface area contributed by atoms with Crippen molar-refractivity contribution in [3.8, 4) is 6.07 Å². The Morgan fingerprint density at radius 3 is 2.65 bits per heavy atom. The van der Waals surface area contributed by atoms with Gasteiger partial charge >= 0.3 is 0 Å². The van der Waals surface area contributed by atoms with Crippen molar-refractivity contribution < 1.29 is 8.78 Å². The molecule has 2 nitrogen and oxygen atoms in total. The molecule has 0 heterocycles. The Kier molecular flexibility index (Phi) is 4.80. The minimum Gasteiger partial charge on any atom is -0.312 e. The van der Waals surface area contributed by atoms with Crippen molar-refractivity contribution in [3.63, 3.8) is 0 Å². The van der Waals surface area contributed by atoms with Gasteiger partial charge in [0.15, 0.2) is 0 Å². The fourth-order valence-electron chi connectivity index (χ4n) is 1.95. The molecule has 0 saturated carbocycles. The lowest BCUT2D eigenvalue weighted by molar-refractivity contribution is 0.584. The summed E-state index contributed by atoms with van der Waals surface area (Å²) in [5.41, 5.74) is 1.40.